The summed E-state index contributed by atoms with van der Waals surface area (Å²) in [6.07, 6.45) is 7.01. The van der Waals surface area contributed by atoms with Crippen molar-refractivity contribution in [3.63, 3.8) is 0 Å². The number of carbonyl (C=O) groups excluding carboxylic acids is 3. The van der Waals surface area contributed by atoms with Crippen LogP contribution in [0.25, 0.3) is 0 Å². The van der Waals surface area contributed by atoms with Crippen molar-refractivity contribution in [2.75, 3.05) is 30.2 Å². The second kappa shape index (κ2) is 19.5. The van der Waals surface area contributed by atoms with Crippen LogP contribution >= 0.6 is 0 Å². The van der Waals surface area contributed by atoms with Gasteiger partial charge in [-0.3, -0.25) is 14.4 Å². The van der Waals surface area contributed by atoms with Gasteiger partial charge in [-0.15, -0.1) is 0 Å². The average molecular weight is 734 g/mol. The van der Waals surface area contributed by atoms with Gasteiger partial charge >= 0.3 is 0 Å². The first-order valence-corrected chi connectivity index (χ1v) is 20.3. The van der Waals surface area contributed by atoms with Crippen LogP contribution in [0.2, 0.25) is 0 Å². The number of anilines is 2. The summed E-state index contributed by atoms with van der Waals surface area (Å²) in [7, 11) is -3.91. The SMILES string of the molecule is CCCN(CCC)C(=O)c1cc(C(=O)N[C@@H](Cc2ccccc2)[C@H](O)CN[C@@H](C)C(=O)NC2CCCCC2)cc(N(c2ccccc2)S(C)(=O)=O)c1. The van der Waals surface area contributed by atoms with Gasteiger partial charge in [-0.25, -0.2) is 12.7 Å². The van der Waals surface area contributed by atoms with Gasteiger partial charge in [0.05, 0.1) is 35.8 Å². The third-order valence-electron chi connectivity index (χ3n) is 9.32. The van der Waals surface area contributed by atoms with Crippen molar-refractivity contribution in [1.29, 1.82) is 0 Å². The summed E-state index contributed by atoms with van der Waals surface area (Å²) < 4.78 is 27.6. The number of amides is 3. The fraction of sp³-hybridized carbons (Fsp3) is 0.475. The lowest BCUT2D eigenvalue weighted by Crippen LogP contribution is -2.53. The molecule has 4 N–H and O–H groups in total. The highest BCUT2D eigenvalue weighted by molar-refractivity contribution is 7.92. The Kier molecular flexibility index (Phi) is 15.2. The monoisotopic (exact) mass is 733 g/mol. The zero-order valence-electron chi connectivity index (χ0n) is 30.9. The molecule has 3 amide bonds. The van der Waals surface area contributed by atoms with Crippen molar-refractivity contribution < 1.29 is 27.9 Å². The maximum atomic E-state index is 14.2. The van der Waals surface area contributed by atoms with Crippen LogP contribution in [0.5, 0.6) is 0 Å². The third kappa shape index (κ3) is 11.6. The number of carbonyl (C=O) groups is 3. The number of nitrogens with zero attached hydrogens (tertiary/aromatic N) is 2. The molecule has 3 atom stereocenters. The number of hydrogen-bond acceptors (Lipinski definition) is 7. The molecule has 3 aromatic carbocycles. The Morgan fingerprint density at radius 1 is 0.846 bits per heavy atom. The molecule has 1 aliphatic carbocycles. The molecule has 0 spiro atoms. The van der Waals surface area contributed by atoms with E-state index in [1.54, 1.807) is 42.2 Å². The molecule has 0 unspecified atom stereocenters. The zero-order valence-corrected chi connectivity index (χ0v) is 31.7. The Hall–Kier alpha value is -4.26. The molecule has 0 heterocycles. The van der Waals surface area contributed by atoms with Gasteiger partial charge in [0.1, 0.15) is 0 Å². The highest BCUT2D eigenvalue weighted by atomic mass is 32.2. The lowest BCUT2D eigenvalue weighted by molar-refractivity contribution is -0.123. The standard InChI is InChI=1S/C40H55N5O6S/c1-5-22-44(23-6-2)40(49)32-25-31(26-35(27-32)45(52(4,50)51)34-20-14-9-15-21-34)39(48)43-36(24-30-16-10-7-11-17-30)37(46)28-41-29(3)38(47)42-33-18-12-8-13-19-33/h7,9-11,14-17,20-21,25-27,29,33,36-37,41,46H,5-6,8,12-13,18-19,22-24,28H2,1-4H3,(H,42,47)(H,43,48)/t29-,36-,37+/m0/s1. The average Bonchev–Trinajstić information content (AvgIpc) is 3.13. The molecule has 1 aliphatic rings. The van der Waals surface area contributed by atoms with E-state index in [9.17, 15) is 27.9 Å². The van der Waals surface area contributed by atoms with Crippen molar-refractivity contribution in [3.8, 4) is 0 Å². The minimum absolute atomic E-state index is 0.0274. The lowest BCUT2D eigenvalue weighted by Gasteiger charge is -2.28. The second-order valence-corrected chi connectivity index (χ2v) is 15.6. The van der Waals surface area contributed by atoms with Gasteiger partial charge in [-0.2, -0.15) is 0 Å². The Labute approximate surface area is 309 Å². The molecular weight excluding hydrogens is 679 g/mol. The summed E-state index contributed by atoms with van der Waals surface area (Å²) in [5.74, 6) is -1.03. The van der Waals surface area contributed by atoms with Crippen LogP contribution in [0.4, 0.5) is 11.4 Å². The molecule has 0 radical (unpaired) electrons. The Balaban J connectivity index is 1.65. The van der Waals surface area contributed by atoms with Crippen LogP contribution in [0.1, 0.15) is 92.0 Å². The maximum absolute atomic E-state index is 14.2. The van der Waals surface area contributed by atoms with E-state index in [0.29, 0.717) is 18.8 Å². The van der Waals surface area contributed by atoms with Crippen molar-refractivity contribution in [1.82, 2.24) is 20.9 Å². The molecule has 1 saturated carbocycles. The first-order valence-electron chi connectivity index (χ1n) is 18.5. The first kappa shape index (κ1) is 40.5. The van der Waals surface area contributed by atoms with E-state index in [1.807, 2.05) is 44.2 Å². The van der Waals surface area contributed by atoms with Gasteiger partial charge in [0.2, 0.25) is 15.9 Å². The molecule has 3 aromatic rings. The number of rotatable bonds is 18. The van der Waals surface area contributed by atoms with Crippen molar-refractivity contribution >= 4 is 39.1 Å². The van der Waals surface area contributed by atoms with Crippen LogP contribution in [0, 0.1) is 0 Å². The molecule has 52 heavy (non-hydrogen) atoms. The van der Waals surface area contributed by atoms with Gasteiger partial charge < -0.3 is 26.0 Å². The van der Waals surface area contributed by atoms with E-state index in [-0.39, 0.29) is 47.6 Å². The number of para-hydroxylation sites is 1. The highest BCUT2D eigenvalue weighted by Gasteiger charge is 2.28. The number of benzene rings is 3. The molecule has 0 saturated heterocycles. The molecule has 0 bridgehead atoms. The van der Waals surface area contributed by atoms with Gasteiger partial charge in [-0.05, 0) is 74.9 Å². The number of aliphatic hydroxyl groups is 1. The van der Waals surface area contributed by atoms with Crippen LogP contribution in [-0.4, -0.2) is 86.3 Å². The van der Waals surface area contributed by atoms with E-state index in [0.717, 1.165) is 54.6 Å². The normalized spacial score (nSPS) is 15.2. The van der Waals surface area contributed by atoms with Crippen LogP contribution in [0.3, 0.4) is 0 Å². The summed E-state index contributed by atoms with van der Waals surface area (Å²) in [4.78, 5) is 42.7. The largest absolute Gasteiger partial charge is 0.390 e. The molecule has 0 aromatic heterocycles. The van der Waals surface area contributed by atoms with E-state index in [4.69, 9.17) is 0 Å². The van der Waals surface area contributed by atoms with Crippen molar-refractivity contribution in [3.05, 3.63) is 95.6 Å². The molecule has 4 rings (SSSR count). The summed E-state index contributed by atoms with van der Waals surface area (Å²) in [6, 6.07) is 21.1. The summed E-state index contributed by atoms with van der Waals surface area (Å²) in [5.41, 5.74) is 1.61. The summed E-state index contributed by atoms with van der Waals surface area (Å²) >= 11 is 0. The number of hydrogen-bond donors (Lipinski definition) is 4. The number of sulfonamides is 1. The van der Waals surface area contributed by atoms with E-state index >= 15 is 0 Å². The fourth-order valence-corrected chi connectivity index (χ4v) is 7.62. The zero-order chi connectivity index (χ0) is 37.7. The van der Waals surface area contributed by atoms with Gasteiger partial charge in [0, 0.05) is 36.8 Å². The molecule has 282 valence electrons. The Morgan fingerprint density at radius 2 is 1.44 bits per heavy atom. The van der Waals surface area contributed by atoms with Crippen LogP contribution in [-0.2, 0) is 21.2 Å². The molecule has 11 nitrogen and oxygen atoms in total. The van der Waals surface area contributed by atoms with Crippen LogP contribution in [0.15, 0.2) is 78.9 Å². The quantitative estimate of drug-likeness (QED) is 0.141. The minimum atomic E-state index is -3.91. The second-order valence-electron chi connectivity index (χ2n) is 13.7. The van der Waals surface area contributed by atoms with E-state index in [2.05, 4.69) is 16.0 Å². The molecule has 12 heteroatoms. The molecular formula is C40H55N5O6S. The maximum Gasteiger partial charge on any atom is 0.253 e. The number of aliphatic hydroxyl groups excluding tert-OH is 1. The first-order chi connectivity index (χ1) is 24.9. The molecule has 1 fully saturated rings. The van der Waals surface area contributed by atoms with Gasteiger partial charge in [-0.1, -0.05) is 81.6 Å². The smallest absolute Gasteiger partial charge is 0.253 e. The van der Waals surface area contributed by atoms with Crippen molar-refractivity contribution in [2.24, 2.45) is 0 Å². The Morgan fingerprint density at radius 3 is 2.04 bits per heavy atom. The summed E-state index contributed by atoms with van der Waals surface area (Å²) in [5, 5.41) is 20.7. The fourth-order valence-electron chi connectivity index (χ4n) is 6.62. The van der Waals surface area contributed by atoms with Crippen LogP contribution < -0.4 is 20.3 Å². The molecule has 0 aliphatic heterocycles. The van der Waals surface area contributed by atoms with E-state index in [1.165, 1.54) is 24.6 Å². The predicted molar refractivity (Wildman–Crippen MR) is 206 cm³/mol. The predicted octanol–water partition coefficient (Wildman–Crippen LogP) is 5.18. The Bertz CT molecular complexity index is 1710. The lowest BCUT2D eigenvalue weighted by atomic mass is 9.95. The topological polar surface area (TPSA) is 148 Å². The van der Waals surface area contributed by atoms with Crippen molar-refractivity contribution in [2.45, 2.75) is 96.4 Å². The van der Waals surface area contributed by atoms with Gasteiger partial charge in [0.25, 0.3) is 11.8 Å². The summed E-state index contributed by atoms with van der Waals surface area (Å²) in [6.45, 7) is 6.73. The number of nitrogens with one attached hydrogen (secondary N) is 3. The third-order valence-corrected chi connectivity index (χ3v) is 10.4. The minimum Gasteiger partial charge on any atom is -0.390 e. The van der Waals surface area contributed by atoms with Gasteiger partial charge in [0.15, 0.2) is 0 Å². The van der Waals surface area contributed by atoms with E-state index < -0.39 is 34.1 Å². The highest BCUT2D eigenvalue weighted by Crippen LogP contribution is 2.31.